The number of hydrogen-bond donors (Lipinski definition) is 2. The van der Waals surface area contributed by atoms with Gasteiger partial charge in [0.25, 0.3) is 0 Å². The van der Waals surface area contributed by atoms with Gasteiger partial charge in [0.1, 0.15) is 0 Å². The number of anilines is 1. The molecule has 2 heterocycles. The molecule has 1 atom stereocenters. The van der Waals surface area contributed by atoms with Gasteiger partial charge in [-0.1, -0.05) is 23.2 Å². The molecule has 9 heteroatoms. The van der Waals surface area contributed by atoms with Gasteiger partial charge in [0.15, 0.2) is 0 Å². The molecule has 0 aliphatic carbocycles. The number of nitrogens with one attached hydrogen (secondary N) is 2. The molecule has 0 bridgehead atoms. The van der Waals surface area contributed by atoms with E-state index in [-0.39, 0.29) is 18.0 Å². The lowest BCUT2D eigenvalue weighted by atomic mass is 10.1. The predicted molar refractivity (Wildman–Crippen MR) is 96.7 cm³/mol. The summed E-state index contributed by atoms with van der Waals surface area (Å²) in [5.41, 5.74) is -0.242. The summed E-state index contributed by atoms with van der Waals surface area (Å²) < 4.78 is 6.42. The molecule has 2 N–H and O–H groups in total. The third-order valence-electron chi connectivity index (χ3n) is 4.15. The molecule has 7 nitrogen and oxygen atoms in total. The van der Waals surface area contributed by atoms with Crippen molar-refractivity contribution in [1.82, 2.24) is 14.5 Å². The monoisotopic (exact) mass is 384 g/mol. The average molecular weight is 385 g/mol. The highest BCUT2D eigenvalue weighted by molar-refractivity contribution is 6.34. The summed E-state index contributed by atoms with van der Waals surface area (Å²) in [5.74, 6) is 0.113. The Bertz CT molecular complexity index is 823. The van der Waals surface area contributed by atoms with E-state index < -0.39 is 11.4 Å². The minimum Gasteiger partial charge on any atom is -0.381 e. The van der Waals surface area contributed by atoms with E-state index in [1.54, 1.807) is 18.2 Å². The Labute approximate surface area is 153 Å². The second-order valence-electron chi connectivity index (χ2n) is 5.96. The third kappa shape index (κ3) is 4.23. The summed E-state index contributed by atoms with van der Waals surface area (Å²) >= 11 is 12.0. The summed E-state index contributed by atoms with van der Waals surface area (Å²) in [6.45, 7) is 2.91. The molecule has 1 aliphatic rings. The molecule has 0 spiro atoms. The highest BCUT2D eigenvalue weighted by Crippen LogP contribution is 2.24. The van der Waals surface area contributed by atoms with Crippen LogP contribution in [0.4, 0.5) is 5.95 Å². The van der Waals surface area contributed by atoms with Crippen LogP contribution >= 0.6 is 23.2 Å². The van der Waals surface area contributed by atoms with E-state index in [4.69, 9.17) is 27.9 Å². The molecule has 1 fully saturated rings. The van der Waals surface area contributed by atoms with Gasteiger partial charge in [0.2, 0.25) is 5.95 Å². The number of H-pyrrole nitrogens is 1. The Morgan fingerprint density at radius 2 is 1.88 bits per heavy atom. The molecule has 3 rings (SSSR count). The van der Waals surface area contributed by atoms with E-state index in [1.807, 2.05) is 6.92 Å². The van der Waals surface area contributed by atoms with E-state index in [0.717, 1.165) is 10.1 Å². The molecule has 1 saturated heterocycles. The first-order valence-corrected chi connectivity index (χ1v) is 8.73. The summed E-state index contributed by atoms with van der Waals surface area (Å²) in [6, 6.07) is 4.71. The Morgan fingerprint density at radius 1 is 1.24 bits per heavy atom. The first-order chi connectivity index (χ1) is 11.9. The quantitative estimate of drug-likeness (QED) is 0.845. The van der Waals surface area contributed by atoms with Crippen LogP contribution in [0.25, 0.3) is 0 Å². The van der Waals surface area contributed by atoms with Crippen molar-refractivity contribution in [3.63, 3.8) is 0 Å². The fourth-order valence-electron chi connectivity index (χ4n) is 2.87. The molecule has 0 radical (unpaired) electrons. The maximum Gasteiger partial charge on any atom is 0.355 e. The number of rotatable bonds is 4. The number of benzene rings is 1. The van der Waals surface area contributed by atoms with Crippen LogP contribution in [0.15, 0.2) is 27.8 Å². The summed E-state index contributed by atoms with van der Waals surface area (Å²) in [5, 5.41) is 4.02. The smallest absolute Gasteiger partial charge is 0.355 e. The Morgan fingerprint density at radius 3 is 2.48 bits per heavy atom. The minimum atomic E-state index is -0.575. The fraction of sp³-hybridized carbons (Fsp3) is 0.438. The largest absolute Gasteiger partial charge is 0.381 e. The van der Waals surface area contributed by atoms with Crippen molar-refractivity contribution >= 4 is 29.2 Å². The molecule has 0 saturated carbocycles. The number of ether oxygens (including phenoxy) is 1. The first-order valence-electron chi connectivity index (χ1n) is 7.97. The molecule has 1 aliphatic heterocycles. The van der Waals surface area contributed by atoms with E-state index in [2.05, 4.69) is 15.3 Å². The van der Waals surface area contributed by atoms with Crippen LogP contribution in [-0.4, -0.2) is 27.7 Å². The van der Waals surface area contributed by atoms with Crippen LogP contribution in [0.3, 0.4) is 0 Å². The van der Waals surface area contributed by atoms with Crippen molar-refractivity contribution in [2.24, 2.45) is 0 Å². The highest BCUT2D eigenvalue weighted by Gasteiger charge is 2.20. The van der Waals surface area contributed by atoms with Crippen molar-refractivity contribution in [2.75, 3.05) is 18.5 Å². The molecular weight excluding hydrogens is 367 g/mol. The Hall–Kier alpha value is -1.83. The molecule has 134 valence electrons. The van der Waals surface area contributed by atoms with Crippen LogP contribution in [0.2, 0.25) is 10.0 Å². The van der Waals surface area contributed by atoms with Crippen molar-refractivity contribution in [3.8, 4) is 0 Å². The van der Waals surface area contributed by atoms with Gasteiger partial charge in [-0.2, -0.15) is 4.98 Å². The van der Waals surface area contributed by atoms with Crippen LogP contribution in [-0.2, 0) is 4.74 Å². The third-order valence-corrected chi connectivity index (χ3v) is 4.59. The second kappa shape index (κ2) is 7.59. The molecule has 1 aromatic carbocycles. The van der Waals surface area contributed by atoms with Gasteiger partial charge in [0.05, 0.1) is 6.04 Å². The van der Waals surface area contributed by atoms with Crippen molar-refractivity contribution in [3.05, 3.63) is 54.8 Å². The number of hydrogen-bond acceptors (Lipinski definition) is 5. The SMILES string of the molecule is C[C@H](Nc1nc(=O)n(C2CCOCC2)c(=O)[nH]1)c1cc(Cl)cc(Cl)c1. The van der Waals surface area contributed by atoms with Crippen LogP contribution in [0.1, 0.15) is 37.4 Å². The van der Waals surface area contributed by atoms with E-state index in [1.165, 1.54) is 0 Å². The highest BCUT2D eigenvalue weighted by atomic mass is 35.5. The van der Waals surface area contributed by atoms with Gasteiger partial charge in [-0.05, 0) is 43.5 Å². The maximum absolute atomic E-state index is 12.3. The molecule has 0 unspecified atom stereocenters. The van der Waals surface area contributed by atoms with Crippen LogP contribution < -0.4 is 16.7 Å². The van der Waals surface area contributed by atoms with Crippen LogP contribution in [0.5, 0.6) is 0 Å². The molecule has 0 amide bonds. The summed E-state index contributed by atoms with van der Waals surface area (Å²) in [7, 11) is 0. The number of halogens is 2. The van der Waals surface area contributed by atoms with Gasteiger partial charge in [-0.25, -0.2) is 14.2 Å². The zero-order valence-corrected chi connectivity index (χ0v) is 15.1. The summed E-state index contributed by atoms with van der Waals surface area (Å²) in [4.78, 5) is 31.2. The second-order valence-corrected chi connectivity index (χ2v) is 6.83. The van der Waals surface area contributed by atoms with E-state index in [9.17, 15) is 9.59 Å². The lowest BCUT2D eigenvalue weighted by Crippen LogP contribution is -2.42. The summed E-state index contributed by atoms with van der Waals surface area (Å²) in [6.07, 6.45) is 1.24. The average Bonchev–Trinajstić information content (AvgIpc) is 2.54. The topological polar surface area (TPSA) is 89.0 Å². The lowest BCUT2D eigenvalue weighted by Gasteiger charge is -2.23. The number of aromatic nitrogens is 3. The van der Waals surface area contributed by atoms with E-state index >= 15 is 0 Å². The van der Waals surface area contributed by atoms with Crippen molar-refractivity contribution in [2.45, 2.75) is 31.8 Å². The zero-order valence-electron chi connectivity index (χ0n) is 13.6. The predicted octanol–water partition coefficient (Wildman–Crippen LogP) is 2.76. The fourth-order valence-corrected chi connectivity index (χ4v) is 3.42. The van der Waals surface area contributed by atoms with E-state index in [0.29, 0.717) is 36.1 Å². The standard InChI is InChI=1S/C16H18Cl2N4O3/c1-9(10-6-11(17)8-12(18)7-10)19-14-20-15(23)22(16(24)21-14)13-2-4-25-5-3-13/h6-9,13H,2-5H2,1H3,(H2,19,20,21,23,24)/t9-/m0/s1. The van der Waals surface area contributed by atoms with Gasteiger partial charge in [-0.15, -0.1) is 0 Å². The first kappa shape index (κ1) is 18.0. The Kier molecular flexibility index (Phi) is 5.46. The number of nitrogens with zero attached hydrogens (tertiary/aromatic N) is 2. The van der Waals surface area contributed by atoms with Gasteiger partial charge in [0, 0.05) is 29.3 Å². The zero-order chi connectivity index (χ0) is 18.0. The van der Waals surface area contributed by atoms with Gasteiger partial charge in [-0.3, -0.25) is 4.98 Å². The molecule has 25 heavy (non-hydrogen) atoms. The normalized spacial score (nSPS) is 16.6. The molecular formula is C16H18Cl2N4O3. The lowest BCUT2D eigenvalue weighted by molar-refractivity contribution is 0.0670. The maximum atomic E-state index is 12.3. The Balaban J connectivity index is 1.83. The van der Waals surface area contributed by atoms with Crippen LogP contribution in [0, 0.1) is 0 Å². The minimum absolute atomic E-state index is 0.113. The van der Waals surface area contributed by atoms with Gasteiger partial charge < -0.3 is 10.1 Å². The van der Waals surface area contributed by atoms with Crippen molar-refractivity contribution < 1.29 is 4.74 Å². The van der Waals surface area contributed by atoms with Gasteiger partial charge >= 0.3 is 11.4 Å². The molecule has 2 aromatic rings. The number of aromatic amines is 1. The molecule has 1 aromatic heterocycles. The van der Waals surface area contributed by atoms with Crippen molar-refractivity contribution in [1.29, 1.82) is 0 Å².